The van der Waals surface area contributed by atoms with Crippen LogP contribution < -0.4 is 5.32 Å². The molecule has 1 aliphatic rings. The van der Waals surface area contributed by atoms with Gasteiger partial charge in [0.15, 0.2) is 6.04 Å². The molecule has 0 spiro atoms. The molecule has 27 heavy (non-hydrogen) atoms. The van der Waals surface area contributed by atoms with Gasteiger partial charge in [-0.05, 0) is 24.5 Å². The fourth-order valence-electron chi connectivity index (χ4n) is 2.92. The number of carbonyl (C=O) groups is 2. The van der Waals surface area contributed by atoms with Crippen molar-refractivity contribution in [1.29, 1.82) is 0 Å². The van der Waals surface area contributed by atoms with Gasteiger partial charge in [-0.2, -0.15) is 26.3 Å². The molecule has 1 aliphatic heterocycles. The molecule has 2 amide bonds. The zero-order chi connectivity index (χ0) is 20.4. The van der Waals surface area contributed by atoms with Gasteiger partial charge >= 0.3 is 24.4 Å². The number of benzene rings is 1. The van der Waals surface area contributed by atoms with Gasteiger partial charge in [0, 0.05) is 13.1 Å². The number of carbonyl (C=O) groups excluding carboxylic acids is 1. The van der Waals surface area contributed by atoms with Gasteiger partial charge in [-0.1, -0.05) is 18.2 Å². The largest absolute Gasteiger partial charge is 0.481 e. The normalized spacial score (nSPS) is 19.5. The third kappa shape index (κ3) is 5.04. The fourth-order valence-corrected chi connectivity index (χ4v) is 2.92. The third-order valence-corrected chi connectivity index (χ3v) is 4.23. The summed E-state index contributed by atoms with van der Waals surface area (Å²) in [6, 6.07) is -1.03. The van der Waals surface area contributed by atoms with Crippen molar-refractivity contribution in [1.82, 2.24) is 10.2 Å². The van der Waals surface area contributed by atoms with Crippen LogP contribution in [0.3, 0.4) is 0 Å². The highest BCUT2D eigenvalue weighted by molar-refractivity contribution is 5.77. The molecule has 1 saturated heterocycles. The van der Waals surface area contributed by atoms with Crippen molar-refractivity contribution in [3.63, 3.8) is 0 Å². The van der Waals surface area contributed by atoms with Crippen molar-refractivity contribution in [2.24, 2.45) is 5.92 Å². The molecule has 11 heteroatoms. The number of likely N-dealkylation sites (tertiary alicyclic amines) is 1. The van der Waals surface area contributed by atoms with E-state index in [1.165, 1.54) is 0 Å². The molecule has 2 N–H and O–H groups in total. The monoisotopic (exact) mass is 398 g/mol. The van der Waals surface area contributed by atoms with E-state index in [0.717, 1.165) is 17.0 Å². The van der Waals surface area contributed by atoms with E-state index in [4.69, 9.17) is 5.11 Å². The summed E-state index contributed by atoms with van der Waals surface area (Å²) in [5.41, 5.74) is -2.63. The van der Waals surface area contributed by atoms with Crippen LogP contribution in [0.25, 0.3) is 0 Å². The highest BCUT2D eigenvalue weighted by Gasteiger charge is 2.47. The summed E-state index contributed by atoms with van der Waals surface area (Å²) >= 11 is 0. The van der Waals surface area contributed by atoms with E-state index in [2.05, 4.69) is 0 Å². The second kappa shape index (κ2) is 7.65. The van der Waals surface area contributed by atoms with Crippen LogP contribution >= 0.6 is 0 Å². The lowest BCUT2D eigenvalue weighted by Crippen LogP contribution is -2.50. The van der Waals surface area contributed by atoms with Gasteiger partial charge < -0.3 is 15.3 Å². The number of aliphatic carboxylic acids is 1. The summed E-state index contributed by atoms with van der Waals surface area (Å²) < 4.78 is 79.5. The molecule has 1 heterocycles. The Balaban J connectivity index is 2.29. The highest BCUT2D eigenvalue weighted by Crippen LogP contribution is 2.40. The van der Waals surface area contributed by atoms with E-state index >= 15 is 0 Å². The zero-order valence-electron chi connectivity index (χ0n) is 13.8. The maximum Gasteiger partial charge on any atom is 0.416 e. The van der Waals surface area contributed by atoms with Crippen molar-refractivity contribution < 1.29 is 41.0 Å². The number of halogens is 6. The summed E-state index contributed by atoms with van der Waals surface area (Å²) in [5.74, 6) is -2.13. The molecule has 5 nitrogen and oxygen atoms in total. The zero-order valence-corrected chi connectivity index (χ0v) is 13.8. The molecule has 0 saturated carbocycles. The summed E-state index contributed by atoms with van der Waals surface area (Å²) in [4.78, 5) is 24.1. The van der Waals surface area contributed by atoms with Crippen LogP contribution in [0.2, 0.25) is 0 Å². The van der Waals surface area contributed by atoms with E-state index in [9.17, 15) is 35.9 Å². The Morgan fingerprint density at radius 3 is 2.33 bits per heavy atom. The molecule has 0 bridgehead atoms. The SMILES string of the molecule is O=C(O)C1CCCN(C(=O)NC(c2ccccc2C(F)(F)F)C(F)(F)F)C1. The maximum atomic E-state index is 13.4. The van der Waals surface area contributed by atoms with Crippen LogP contribution in [-0.4, -0.2) is 41.3 Å². The van der Waals surface area contributed by atoms with Crippen LogP contribution in [0, 0.1) is 5.92 Å². The van der Waals surface area contributed by atoms with E-state index in [1.54, 1.807) is 5.32 Å². The lowest BCUT2D eigenvalue weighted by Gasteiger charge is -2.33. The average Bonchev–Trinajstić information content (AvgIpc) is 2.57. The second-order valence-electron chi connectivity index (χ2n) is 6.13. The minimum absolute atomic E-state index is 0.0150. The van der Waals surface area contributed by atoms with Gasteiger partial charge in [-0.3, -0.25) is 4.79 Å². The number of piperidine rings is 1. The summed E-state index contributed by atoms with van der Waals surface area (Å²) in [5, 5.41) is 10.6. The Kier molecular flexibility index (Phi) is 5.91. The quantitative estimate of drug-likeness (QED) is 0.761. The van der Waals surface area contributed by atoms with Crippen LogP contribution in [0.1, 0.15) is 30.0 Å². The Morgan fingerprint density at radius 2 is 1.78 bits per heavy atom. The van der Waals surface area contributed by atoms with Gasteiger partial charge in [0.05, 0.1) is 11.5 Å². The van der Waals surface area contributed by atoms with Gasteiger partial charge in [0.2, 0.25) is 0 Å². The topological polar surface area (TPSA) is 69.6 Å². The van der Waals surface area contributed by atoms with Crippen LogP contribution in [0.4, 0.5) is 31.1 Å². The number of nitrogens with one attached hydrogen (secondary N) is 1. The Morgan fingerprint density at radius 1 is 1.15 bits per heavy atom. The molecule has 1 aromatic carbocycles. The molecular weight excluding hydrogens is 382 g/mol. The summed E-state index contributed by atoms with van der Waals surface area (Å²) in [7, 11) is 0. The van der Waals surface area contributed by atoms with Gasteiger partial charge in [-0.15, -0.1) is 0 Å². The molecule has 2 atom stereocenters. The first-order valence-corrected chi connectivity index (χ1v) is 7.92. The van der Waals surface area contributed by atoms with E-state index in [0.29, 0.717) is 12.1 Å². The number of alkyl halides is 6. The van der Waals surface area contributed by atoms with Crippen molar-refractivity contribution in [3.05, 3.63) is 35.4 Å². The molecular formula is C16H16F6N2O3. The number of hydrogen-bond acceptors (Lipinski definition) is 2. The maximum absolute atomic E-state index is 13.4. The molecule has 0 aliphatic carbocycles. The number of carboxylic acids is 1. The van der Waals surface area contributed by atoms with Crippen LogP contribution in [-0.2, 0) is 11.0 Å². The first kappa shape index (κ1) is 20.8. The molecule has 150 valence electrons. The smallest absolute Gasteiger partial charge is 0.416 e. The summed E-state index contributed by atoms with van der Waals surface area (Å²) in [6.07, 6.45) is -9.69. The number of rotatable bonds is 3. The number of nitrogens with zero attached hydrogens (tertiary/aromatic N) is 1. The first-order chi connectivity index (χ1) is 12.4. The Bertz CT molecular complexity index is 704. The second-order valence-corrected chi connectivity index (χ2v) is 6.13. The minimum atomic E-state index is -5.18. The van der Waals surface area contributed by atoms with E-state index in [1.807, 2.05) is 0 Å². The van der Waals surface area contributed by atoms with Crippen molar-refractivity contribution in [3.8, 4) is 0 Å². The first-order valence-electron chi connectivity index (χ1n) is 7.92. The number of carboxylic acid groups (broad SMARTS) is 1. The Labute approximate surface area is 149 Å². The van der Waals surface area contributed by atoms with Gasteiger partial charge in [0.1, 0.15) is 0 Å². The minimum Gasteiger partial charge on any atom is -0.481 e. The number of amides is 2. The number of urea groups is 1. The standard InChI is InChI=1S/C16H16F6N2O3/c17-15(18,19)11-6-2-1-5-10(11)12(16(20,21)22)23-14(27)24-7-3-4-9(8-24)13(25)26/h1-2,5-6,9,12H,3-4,7-8H2,(H,23,27)(H,25,26). The fraction of sp³-hybridized carbons (Fsp3) is 0.500. The summed E-state index contributed by atoms with van der Waals surface area (Å²) in [6.45, 7) is -0.298. The molecule has 2 rings (SSSR count). The lowest BCUT2D eigenvalue weighted by atomic mass is 9.98. The predicted octanol–water partition coefficient (Wildman–Crippen LogP) is 3.82. The van der Waals surface area contributed by atoms with Crippen molar-refractivity contribution >= 4 is 12.0 Å². The van der Waals surface area contributed by atoms with E-state index < -0.39 is 47.4 Å². The number of hydrogen-bond donors (Lipinski definition) is 2. The third-order valence-electron chi connectivity index (χ3n) is 4.23. The highest BCUT2D eigenvalue weighted by atomic mass is 19.4. The van der Waals surface area contributed by atoms with Crippen molar-refractivity contribution in [2.75, 3.05) is 13.1 Å². The van der Waals surface area contributed by atoms with Gasteiger partial charge in [0.25, 0.3) is 0 Å². The van der Waals surface area contributed by atoms with Crippen molar-refractivity contribution in [2.45, 2.75) is 31.2 Å². The van der Waals surface area contributed by atoms with Crippen LogP contribution in [0.15, 0.2) is 24.3 Å². The Hall–Kier alpha value is -2.46. The molecule has 0 radical (unpaired) electrons. The molecule has 2 unspecified atom stereocenters. The van der Waals surface area contributed by atoms with E-state index in [-0.39, 0.29) is 25.9 Å². The van der Waals surface area contributed by atoms with Crippen LogP contribution in [0.5, 0.6) is 0 Å². The van der Waals surface area contributed by atoms with Gasteiger partial charge in [-0.25, -0.2) is 4.79 Å². The lowest BCUT2D eigenvalue weighted by molar-refractivity contribution is -0.161. The average molecular weight is 398 g/mol. The predicted molar refractivity (Wildman–Crippen MR) is 80.7 cm³/mol. The molecule has 1 aromatic rings. The molecule has 1 fully saturated rings. The molecule has 0 aromatic heterocycles.